The van der Waals surface area contributed by atoms with Gasteiger partial charge in [0.05, 0.1) is 12.5 Å². The van der Waals surface area contributed by atoms with E-state index in [0.717, 1.165) is 31.2 Å². The SMILES string of the molecule is CC(CC1(CCN=O)CCCC1)C(=O)OCc1ccccc1. The van der Waals surface area contributed by atoms with Crippen LogP contribution in [0.3, 0.4) is 0 Å². The van der Waals surface area contributed by atoms with Crippen LogP contribution in [0.15, 0.2) is 35.5 Å². The molecule has 0 aliphatic heterocycles. The van der Waals surface area contributed by atoms with Gasteiger partial charge in [0.2, 0.25) is 0 Å². The lowest BCUT2D eigenvalue weighted by Crippen LogP contribution is -2.26. The second-order valence-corrected chi connectivity index (χ2v) is 6.51. The maximum Gasteiger partial charge on any atom is 0.309 e. The van der Waals surface area contributed by atoms with Gasteiger partial charge in [-0.25, -0.2) is 0 Å². The molecule has 0 radical (unpaired) electrons. The fourth-order valence-corrected chi connectivity index (χ4v) is 3.57. The zero-order valence-corrected chi connectivity index (χ0v) is 13.3. The molecule has 0 bridgehead atoms. The normalized spacial score (nSPS) is 17.9. The molecule has 1 saturated carbocycles. The molecule has 4 heteroatoms. The lowest BCUT2D eigenvalue weighted by molar-refractivity contribution is -0.150. The average molecular weight is 303 g/mol. The van der Waals surface area contributed by atoms with Gasteiger partial charge in [-0.15, -0.1) is 0 Å². The maximum atomic E-state index is 12.2. The van der Waals surface area contributed by atoms with Gasteiger partial charge in [-0.2, -0.15) is 4.91 Å². The molecule has 4 nitrogen and oxygen atoms in total. The van der Waals surface area contributed by atoms with Crippen molar-refractivity contribution in [3.8, 4) is 0 Å². The van der Waals surface area contributed by atoms with E-state index in [1.54, 1.807) is 0 Å². The predicted molar refractivity (Wildman–Crippen MR) is 86.2 cm³/mol. The van der Waals surface area contributed by atoms with Crippen LogP contribution in [0.4, 0.5) is 0 Å². The van der Waals surface area contributed by atoms with E-state index in [4.69, 9.17) is 4.74 Å². The van der Waals surface area contributed by atoms with Gasteiger partial charge in [-0.3, -0.25) is 4.79 Å². The van der Waals surface area contributed by atoms with Crippen molar-refractivity contribution in [3.05, 3.63) is 40.8 Å². The highest BCUT2D eigenvalue weighted by Crippen LogP contribution is 2.46. The number of ether oxygens (including phenoxy) is 1. The van der Waals surface area contributed by atoms with E-state index < -0.39 is 0 Å². The van der Waals surface area contributed by atoms with Gasteiger partial charge in [0.15, 0.2) is 0 Å². The Bertz CT molecular complexity index is 480. The molecule has 120 valence electrons. The molecule has 1 aliphatic carbocycles. The van der Waals surface area contributed by atoms with Crippen LogP contribution < -0.4 is 0 Å². The van der Waals surface area contributed by atoms with Gasteiger partial charge < -0.3 is 4.74 Å². The molecule has 1 aromatic rings. The molecule has 0 amide bonds. The zero-order valence-electron chi connectivity index (χ0n) is 13.3. The van der Waals surface area contributed by atoms with Crippen molar-refractivity contribution in [1.29, 1.82) is 0 Å². The Morgan fingerprint density at radius 2 is 1.95 bits per heavy atom. The molecule has 1 fully saturated rings. The van der Waals surface area contributed by atoms with Crippen molar-refractivity contribution in [2.24, 2.45) is 16.5 Å². The second-order valence-electron chi connectivity index (χ2n) is 6.51. The van der Waals surface area contributed by atoms with E-state index in [-0.39, 0.29) is 17.3 Å². The fourth-order valence-electron chi connectivity index (χ4n) is 3.57. The number of nitroso groups, excluding NO2 is 1. The molecule has 1 aliphatic rings. The van der Waals surface area contributed by atoms with Crippen LogP contribution in [-0.2, 0) is 16.1 Å². The summed E-state index contributed by atoms with van der Waals surface area (Å²) in [5.74, 6) is -0.275. The number of hydrogen-bond acceptors (Lipinski definition) is 4. The predicted octanol–water partition coefficient (Wildman–Crippen LogP) is 4.47. The number of rotatable bonds is 8. The van der Waals surface area contributed by atoms with Crippen LogP contribution in [0.5, 0.6) is 0 Å². The summed E-state index contributed by atoms with van der Waals surface area (Å²) < 4.78 is 5.43. The molecular formula is C18H25NO3. The number of benzene rings is 1. The highest BCUT2D eigenvalue weighted by atomic mass is 16.5. The van der Waals surface area contributed by atoms with E-state index in [0.29, 0.717) is 13.2 Å². The number of nitrogens with zero attached hydrogens (tertiary/aromatic N) is 1. The van der Waals surface area contributed by atoms with Gasteiger partial charge in [0, 0.05) is 0 Å². The first-order chi connectivity index (χ1) is 10.7. The van der Waals surface area contributed by atoms with E-state index >= 15 is 0 Å². The molecule has 0 aromatic heterocycles. The minimum absolute atomic E-state index is 0.110. The highest BCUT2D eigenvalue weighted by molar-refractivity contribution is 5.72. The minimum Gasteiger partial charge on any atom is -0.461 e. The monoisotopic (exact) mass is 303 g/mol. The van der Waals surface area contributed by atoms with Gasteiger partial charge in [-0.05, 0) is 36.7 Å². The van der Waals surface area contributed by atoms with E-state index in [1.165, 1.54) is 12.8 Å². The first-order valence-electron chi connectivity index (χ1n) is 8.15. The van der Waals surface area contributed by atoms with Crippen molar-refractivity contribution >= 4 is 5.97 Å². The molecule has 1 atom stereocenters. The molecule has 0 saturated heterocycles. The number of esters is 1. The van der Waals surface area contributed by atoms with Crippen molar-refractivity contribution in [1.82, 2.24) is 0 Å². The maximum absolute atomic E-state index is 12.2. The summed E-state index contributed by atoms with van der Waals surface area (Å²) in [6.07, 6.45) is 6.16. The third-order valence-electron chi connectivity index (χ3n) is 4.76. The summed E-state index contributed by atoms with van der Waals surface area (Å²) in [6.45, 7) is 2.61. The average Bonchev–Trinajstić information content (AvgIpc) is 3.00. The molecule has 0 N–H and O–H groups in total. The molecule has 1 aromatic carbocycles. The largest absolute Gasteiger partial charge is 0.461 e. The van der Waals surface area contributed by atoms with Crippen LogP contribution in [0, 0.1) is 16.2 Å². The minimum atomic E-state index is -0.144. The first kappa shape index (κ1) is 16.7. The number of hydrogen-bond donors (Lipinski definition) is 0. The molecule has 2 rings (SSSR count). The Morgan fingerprint density at radius 1 is 1.27 bits per heavy atom. The molecule has 1 unspecified atom stereocenters. The van der Waals surface area contributed by atoms with E-state index in [2.05, 4.69) is 5.18 Å². The van der Waals surface area contributed by atoms with Crippen molar-refractivity contribution in [3.63, 3.8) is 0 Å². The van der Waals surface area contributed by atoms with Gasteiger partial charge in [-0.1, -0.05) is 55.3 Å². The Kier molecular flexibility index (Phi) is 6.10. The standard InChI is InChI=1S/C18H25NO3/c1-15(13-18(11-12-19-21)9-5-6-10-18)17(20)22-14-16-7-3-2-4-8-16/h2-4,7-8,15H,5-6,9-14H2,1H3. The lowest BCUT2D eigenvalue weighted by atomic mass is 9.75. The van der Waals surface area contributed by atoms with Gasteiger partial charge >= 0.3 is 5.97 Å². The molecule has 22 heavy (non-hydrogen) atoms. The highest BCUT2D eigenvalue weighted by Gasteiger charge is 2.36. The zero-order chi connectivity index (χ0) is 15.8. The summed E-state index contributed by atoms with van der Waals surface area (Å²) in [5.41, 5.74) is 1.11. The third-order valence-corrected chi connectivity index (χ3v) is 4.76. The summed E-state index contributed by atoms with van der Waals surface area (Å²) in [6, 6.07) is 9.72. The number of carbonyl (C=O) groups is 1. The van der Waals surface area contributed by atoms with Crippen molar-refractivity contribution < 1.29 is 9.53 Å². The van der Waals surface area contributed by atoms with Gasteiger partial charge in [0.25, 0.3) is 0 Å². The van der Waals surface area contributed by atoms with Crippen LogP contribution in [0.2, 0.25) is 0 Å². The summed E-state index contributed by atoms with van der Waals surface area (Å²) in [5, 5.41) is 3.01. The summed E-state index contributed by atoms with van der Waals surface area (Å²) in [4.78, 5) is 22.7. The third kappa shape index (κ3) is 4.65. The molecular weight excluding hydrogens is 278 g/mol. The topological polar surface area (TPSA) is 55.7 Å². The van der Waals surface area contributed by atoms with E-state index in [1.807, 2.05) is 37.3 Å². The Hall–Kier alpha value is -1.71. The Labute approximate surface area is 132 Å². The fraction of sp³-hybridized carbons (Fsp3) is 0.611. The smallest absolute Gasteiger partial charge is 0.309 e. The summed E-state index contributed by atoms with van der Waals surface area (Å²) >= 11 is 0. The Balaban J connectivity index is 1.85. The van der Waals surface area contributed by atoms with Crippen molar-refractivity contribution in [2.45, 2.75) is 52.1 Å². The van der Waals surface area contributed by atoms with Gasteiger partial charge in [0.1, 0.15) is 6.61 Å². The quantitative estimate of drug-likeness (QED) is 0.526. The Morgan fingerprint density at radius 3 is 2.59 bits per heavy atom. The number of carbonyl (C=O) groups excluding carboxylic acids is 1. The van der Waals surface area contributed by atoms with Crippen LogP contribution in [0.25, 0.3) is 0 Å². The second kappa shape index (κ2) is 8.06. The van der Waals surface area contributed by atoms with Crippen LogP contribution >= 0.6 is 0 Å². The van der Waals surface area contributed by atoms with Crippen molar-refractivity contribution in [2.75, 3.05) is 6.54 Å². The summed E-state index contributed by atoms with van der Waals surface area (Å²) in [7, 11) is 0. The van der Waals surface area contributed by atoms with Crippen LogP contribution in [-0.4, -0.2) is 12.5 Å². The lowest BCUT2D eigenvalue weighted by Gasteiger charge is -2.30. The molecule has 0 heterocycles. The molecule has 0 spiro atoms. The first-order valence-corrected chi connectivity index (χ1v) is 8.15. The van der Waals surface area contributed by atoms with E-state index in [9.17, 15) is 9.70 Å². The van der Waals surface area contributed by atoms with Crippen LogP contribution in [0.1, 0.15) is 51.0 Å².